The van der Waals surface area contributed by atoms with Crippen LogP contribution in [0.25, 0.3) is 0 Å². The molecule has 1 unspecified atom stereocenters. The summed E-state index contributed by atoms with van der Waals surface area (Å²) in [7, 11) is 0. The minimum Gasteiger partial charge on any atom is -0.368 e. The van der Waals surface area contributed by atoms with Crippen molar-refractivity contribution in [2.75, 3.05) is 11.4 Å². The van der Waals surface area contributed by atoms with E-state index in [1.54, 1.807) is 0 Å². The molecule has 1 aromatic rings. The Morgan fingerprint density at radius 3 is 2.53 bits per heavy atom. The zero-order valence-corrected chi connectivity index (χ0v) is 13.7. The molecule has 0 saturated carbocycles. The van der Waals surface area contributed by atoms with Crippen molar-refractivity contribution in [2.24, 2.45) is 0 Å². The van der Waals surface area contributed by atoms with E-state index in [1.807, 2.05) is 0 Å². The van der Waals surface area contributed by atoms with Crippen molar-refractivity contribution < 1.29 is 0 Å². The van der Waals surface area contributed by atoms with Crippen LogP contribution in [0.1, 0.15) is 46.1 Å². The van der Waals surface area contributed by atoms with Gasteiger partial charge in [-0.05, 0) is 25.0 Å². The molecule has 0 radical (unpaired) electrons. The van der Waals surface area contributed by atoms with Gasteiger partial charge < -0.3 is 4.90 Å². The Labute approximate surface area is 123 Å². The average Bonchev–Trinajstić information content (AvgIpc) is 2.47. The Bertz CT molecular complexity index is 373. The molecule has 0 bridgehead atoms. The molecule has 0 aliphatic carbocycles. The Morgan fingerprint density at radius 2 is 1.88 bits per heavy atom. The first kappa shape index (κ1) is 14.8. The van der Waals surface area contributed by atoms with Crippen LogP contribution >= 0.6 is 24.0 Å². The molecule has 1 aliphatic heterocycles. The maximum absolute atomic E-state index is 2.58. The lowest BCUT2D eigenvalue weighted by Crippen LogP contribution is -2.39. The van der Waals surface area contributed by atoms with Gasteiger partial charge in [0.2, 0.25) is 0 Å². The molecule has 0 aromatic heterocycles. The van der Waals surface area contributed by atoms with Crippen molar-refractivity contribution in [1.29, 1.82) is 0 Å². The molecule has 1 aromatic carbocycles. The van der Waals surface area contributed by atoms with Gasteiger partial charge in [-0.1, -0.05) is 45.4 Å². The fraction of sp³-hybridized carbons (Fsp3) is 0.600. The largest absolute Gasteiger partial charge is 0.368 e. The minimum atomic E-state index is 0. The van der Waals surface area contributed by atoms with Crippen molar-refractivity contribution in [1.82, 2.24) is 0 Å². The van der Waals surface area contributed by atoms with Crippen LogP contribution in [0.4, 0.5) is 5.69 Å². The van der Waals surface area contributed by atoms with Crippen LogP contribution in [0, 0.1) is 0 Å². The maximum atomic E-state index is 2.58. The molecule has 2 heteroatoms. The van der Waals surface area contributed by atoms with E-state index in [-0.39, 0.29) is 29.4 Å². The summed E-state index contributed by atoms with van der Waals surface area (Å²) < 4.78 is 0. The summed E-state index contributed by atoms with van der Waals surface area (Å²) in [5.74, 6) is 0. The van der Waals surface area contributed by atoms with Crippen LogP contribution in [0.5, 0.6) is 0 Å². The fourth-order valence-corrected chi connectivity index (χ4v) is 2.73. The zero-order chi connectivity index (χ0) is 11.8. The lowest BCUT2D eigenvalue weighted by Gasteiger charge is -2.31. The molecule has 1 nitrogen and oxygen atoms in total. The predicted octanol–water partition coefficient (Wildman–Crippen LogP) is 4.59. The number of benzene rings is 1. The van der Waals surface area contributed by atoms with Gasteiger partial charge in [-0.3, -0.25) is 0 Å². The Kier molecular flexibility index (Phi) is 4.87. The summed E-state index contributed by atoms with van der Waals surface area (Å²) in [6.07, 6.45) is 2.56. The number of hydrogen-bond donors (Lipinski definition) is 0. The number of halogens is 1. The second-order valence-corrected chi connectivity index (χ2v) is 5.46. The van der Waals surface area contributed by atoms with E-state index in [0.29, 0.717) is 6.04 Å². The van der Waals surface area contributed by atoms with Crippen molar-refractivity contribution >= 4 is 29.7 Å². The van der Waals surface area contributed by atoms with Crippen LogP contribution in [-0.2, 0) is 5.41 Å². The molecule has 1 atom stereocenters. The number of anilines is 1. The van der Waals surface area contributed by atoms with E-state index in [2.05, 4.69) is 56.9 Å². The highest BCUT2D eigenvalue weighted by atomic mass is 127. The molecular weight excluding hydrogens is 321 g/mol. The highest BCUT2D eigenvalue weighted by Gasteiger charge is 2.40. The van der Waals surface area contributed by atoms with E-state index in [9.17, 15) is 0 Å². The van der Waals surface area contributed by atoms with Crippen LogP contribution in [-0.4, -0.2) is 12.6 Å². The number of fused-ring (bicyclic) bond motifs is 1. The number of unbranched alkanes of at least 4 members (excludes halogenated alkanes) is 1. The second-order valence-electron chi connectivity index (χ2n) is 5.46. The topological polar surface area (TPSA) is 3.24 Å². The smallest absolute Gasteiger partial charge is 0.0407 e. The third kappa shape index (κ3) is 2.47. The van der Waals surface area contributed by atoms with Crippen molar-refractivity contribution in [2.45, 2.75) is 52.0 Å². The van der Waals surface area contributed by atoms with Gasteiger partial charge in [-0.15, -0.1) is 24.0 Å². The summed E-state index contributed by atoms with van der Waals surface area (Å²) in [6, 6.07) is 9.49. The first-order valence-corrected chi connectivity index (χ1v) is 6.45. The van der Waals surface area contributed by atoms with E-state index in [1.165, 1.54) is 30.6 Å². The predicted molar refractivity (Wildman–Crippen MR) is 86.6 cm³/mol. The van der Waals surface area contributed by atoms with Gasteiger partial charge in [0.05, 0.1) is 0 Å². The fourth-order valence-electron chi connectivity index (χ4n) is 2.73. The molecule has 0 saturated heterocycles. The second kappa shape index (κ2) is 5.59. The monoisotopic (exact) mass is 345 g/mol. The van der Waals surface area contributed by atoms with Gasteiger partial charge in [0.15, 0.2) is 0 Å². The van der Waals surface area contributed by atoms with Crippen LogP contribution in [0.2, 0.25) is 0 Å². The van der Waals surface area contributed by atoms with E-state index >= 15 is 0 Å². The van der Waals surface area contributed by atoms with Crippen LogP contribution < -0.4 is 4.90 Å². The first-order chi connectivity index (χ1) is 7.59. The summed E-state index contributed by atoms with van der Waals surface area (Å²) in [5, 5.41) is 0. The summed E-state index contributed by atoms with van der Waals surface area (Å²) in [4.78, 5) is 2.58. The highest BCUT2D eigenvalue weighted by molar-refractivity contribution is 14.0. The summed E-state index contributed by atoms with van der Waals surface area (Å²) >= 11 is 0. The van der Waals surface area contributed by atoms with Gasteiger partial charge in [-0.25, -0.2) is 0 Å². The van der Waals surface area contributed by atoms with Crippen LogP contribution in [0.3, 0.4) is 0 Å². The molecule has 1 heterocycles. The molecule has 0 spiro atoms. The van der Waals surface area contributed by atoms with E-state index < -0.39 is 0 Å². The van der Waals surface area contributed by atoms with Crippen molar-refractivity contribution in [3.63, 3.8) is 0 Å². The zero-order valence-electron chi connectivity index (χ0n) is 11.4. The maximum Gasteiger partial charge on any atom is 0.0407 e. The SMILES string of the molecule is CCCCN1c2ccccc2C(C)(C)C1C.I. The van der Waals surface area contributed by atoms with Gasteiger partial charge in [0.1, 0.15) is 0 Å². The van der Waals surface area contributed by atoms with Crippen molar-refractivity contribution in [3.8, 4) is 0 Å². The standard InChI is InChI=1S/C15H23N.HI/c1-5-6-11-16-12(2)15(3,4)13-9-7-8-10-14(13)16;/h7-10,12H,5-6,11H2,1-4H3;1H. The normalized spacial score (nSPS) is 20.9. The minimum absolute atomic E-state index is 0. The number of hydrogen-bond acceptors (Lipinski definition) is 1. The molecule has 2 rings (SSSR count). The Balaban J connectivity index is 0.00000144. The van der Waals surface area contributed by atoms with E-state index in [4.69, 9.17) is 0 Å². The molecule has 0 fully saturated rings. The highest BCUT2D eigenvalue weighted by Crippen LogP contribution is 2.44. The quantitative estimate of drug-likeness (QED) is 0.724. The summed E-state index contributed by atoms with van der Waals surface area (Å²) in [5.41, 5.74) is 3.25. The average molecular weight is 345 g/mol. The molecular formula is C15H24IN. The third-order valence-corrected chi connectivity index (χ3v) is 4.17. The molecule has 1 aliphatic rings. The Morgan fingerprint density at radius 1 is 1.24 bits per heavy atom. The molecule has 0 N–H and O–H groups in total. The molecule has 0 amide bonds. The van der Waals surface area contributed by atoms with Crippen LogP contribution in [0.15, 0.2) is 24.3 Å². The lowest BCUT2D eigenvalue weighted by atomic mass is 9.81. The van der Waals surface area contributed by atoms with Gasteiger partial charge >= 0.3 is 0 Å². The van der Waals surface area contributed by atoms with E-state index in [0.717, 1.165) is 0 Å². The lowest BCUT2D eigenvalue weighted by molar-refractivity contribution is 0.438. The molecule has 17 heavy (non-hydrogen) atoms. The number of rotatable bonds is 3. The van der Waals surface area contributed by atoms with Gasteiger partial charge in [0.25, 0.3) is 0 Å². The molecule has 96 valence electrons. The van der Waals surface area contributed by atoms with Gasteiger partial charge in [0, 0.05) is 23.7 Å². The van der Waals surface area contributed by atoms with Gasteiger partial charge in [-0.2, -0.15) is 0 Å². The number of nitrogens with zero attached hydrogens (tertiary/aromatic N) is 1. The first-order valence-electron chi connectivity index (χ1n) is 6.45. The Hall–Kier alpha value is -0.250. The number of para-hydroxylation sites is 1. The summed E-state index contributed by atoms with van der Waals surface area (Å²) in [6.45, 7) is 10.5. The van der Waals surface area contributed by atoms with Crippen molar-refractivity contribution in [3.05, 3.63) is 29.8 Å². The third-order valence-electron chi connectivity index (χ3n) is 4.17.